The molecule has 1 fully saturated rings. The number of halogens is 1. The highest BCUT2D eigenvalue weighted by Crippen LogP contribution is 2.26. The van der Waals surface area contributed by atoms with E-state index in [4.69, 9.17) is 0 Å². The maximum absolute atomic E-state index is 11.4. The molecule has 1 saturated carbocycles. The molecule has 1 aliphatic rings. The van der Waals surface area contributed by atoms with Gasteiger partial charge in [-0.3, -0.25) is 4.79 Å². The third-order valence-corrected chi connectivity index (χ3v) is 2.36. The molecule has 0 aromatic heterocycles. The van der Waals surface area contributed by atoms with Crippen molar-refractivity contribution in [1.29, 1.82) is 0 Å². The Balaban J connectivity index is 0.00000121. The zero-order chi connectivity index (χ0) is 8.43. The lowest BCUT2D eigenvalue weighted by Gasteiger charge is -2.19. The second-order valence-corrected chi connectivity index (χ2v) is 3.75. The highest BCUT2D eigenvalue weighted by Gasteiger charge is 2.20. The number of rotatable bonds is 0. The molecule has 0 spiro atoms. The van der Waals surface area contributed by atoms with Gasteiger partial charge >= 0.3 is 0 Å². The Morgan fingerprint density at radius 1 is 1.42 bits per heavy atom. The Labute approximate surface area is 80.6 Å². The minimum absolute atomic E-state index is 0. The molecule has 0 heterocycles. The molecule has 1 atom stereocenters. The largest absolute Gasteiger partial charge is 0.295 e. The lowest BCUT2D eigenvalue weighted by Crippen LogP contribution is -2.16. The van der Waals surface area contributed by atoms with E-state index in [9.17, 15) is 4.79 Å². The topological polar surface area (TPSA) is 17.1 Å². The standard InChI is InChI=1S/C10H16O.ClH/c1-7(2)9-5-4-8(3)6-10(9)11;/h8H,4-6H2,1-3H3;1H/t8-;/m1./s1. The fraction of sp³-hybridized carbons (Fsp3) is 0.700. The summed E-state index contributed by atoms with van der Waals surface area (Å²) >= 11 is 0. The number of carbonyl (C=O) groups is 1. The maximum atomic E-state index is 11.4. The smallest absolute Gasteiger partial charge is 0.159 e. The highest BCUT2D eigenvalue weighted by molar-refractivity contribution is 5.96. The van der Waals surface area contributed by atoms with Gasteiger partial charge in [0.25, 0.3) is 0 Å². The van der Waals surface area contributed by atoms with Crippen molar-refractivity contribution in [3.63, 3.8) is 0 Å². The summed E-state index contributed by atoms with van der Waals surface area (Å²) in [4.78, 5) is 11.4. The lowest BCUT2D eigenvalue weighted by atomic mass is 9.84. The predicted octanol–water partition coefficient (Wildman–Crippen LogP) is 3.13. The fourth-order valence-electron chi connectivity index (χ4n) is 1.60. The summed E-state index contributed by atoms with van der Waals surface area (Å²) in [6.45, 7) is 6.21. The molecule has 1 nitrogen and oxygen atoms in total. The third-order valence-electron chi connectivity index (χ3n) is 2.36. The van der Waals surface area contributed by atoms with Crippen LogP contribution in [0, 0.1) is 5.92 Å². The van der Waals surface area contributed by atoms with Crippen molar-refractivity contribution in [3.05, 3.63) is 11.1 Å². The summed E-state index contributed by atoms with van der Waals surface area (Å²) < 4.78 is 0. The molecule has 0 unspecified atom stereocenters. The first kappa shape index (κ1) is 11.7. The second kappa shape index (κ2) is 4.66. The lowest BCUT2D eigenvalue weighted by molar-refractivity contribution is -0.117. The average Bonchev–Trinajstić information content (AvgIpc) is 1.85. The van der Waals surface area contributed by atoms with Crippen LogP contribution in [0.4, 0.5) is 0 Å². The molecular formula is C10H17ClO. The first-order valence-electron chi connectivity index (χ1n) is 4.31. The van der Waals surface area contributed by atoms with E-state index in [0.717, 1.165) is 18.4 Å². The van der Waals surface area contributed by atoms with Crippen LogP contribution >= 0.6 is 12.4 Å². The Morgan fingerprint density at radius 3 is 2.42 bits per heavy atom. The van der Waals surface area contributed by atoms with Crippen LogP contribution in [0.2, 0.25) is 0 Å². The summed E-state index contributed by atoms with van der Waals surface area (Å²) in [5.74, 6) is 0.981. The summed E-state index contributed by atoms with van der Waals surface area (Å²) in [6, 6.07) is 0. The number of Topliss-reactive ketones (excluding diaryl/α,β-unsaturated/α-hetero) is 1. The van der Waals surface area contributed by atoms with E-state index in [-0.39, 0.29) is 12.4 Å². The van der Waals surface area contributed by atoms with Crippen molar-refractivity contribution in [1.82, 2.24) is 0 Å². The molecule has 2 heteroatoms. The summed E-state index contributed by atoms with van der Waals surface area (Å²) in [5.41, 5.74) is 2.30. The van der Waals surface area contributed by atoms with Crippen LogP contribution in [0.5, 0.6) is 0 Å². The van der Waals surface area contributed by atoms with Gasteiger partial charge in [-0.2, -0.15) is 0 Å². The van der Waals surface area contributed by atoms with Crippen molar-refractivity contribution in [2.24, 2.45) is 5.92 Å². The SMILES string of the molecule is CC(C)=C1CC[C@@H](C)CC1=O.Cl. The van der Waals surface area contributed by atoms with E-state index in [0.29, 0.717) is 11.7 Å². The Hall–Kier alpha value is -0.300. The fourth-order valence-corrected chi connectivity index (χ4v) is 1.60. The number of hydrogen-bond acceptors (Lipinski definition) is 1. The normalized spacial score (nSPS) is 23.4. The third kappa shape index (κ3) is 2.63. The van der Waals surface area contributed by atoms with Crippen LogP contribution in [-0.2, 0) is 4.79 Å². The monoisotopic (exact) mass is 188 g/mol. The van der Waals surface area contributed by atoms with E-state index in [1.807, 2.05) is 13.8 Å². The molecule has 70 valence electrons. The summed E-state index contributed by atoms with van der Waals surface area (Å²) in [7, 11) is 0. The van der Waals surface area contributed by atoms with Crippen molar-refractivity contribution in [2.75, 3.05) is 0 Å². The van der Waals surface area contributed by atoms with Crippen molar-refractivity contribution in [2.45, 2.75) is 40.0 Å². The number of ketones is 1. The van der Waals surface area contributed by atoms with E-state index in [1.54, 1.807) is 0 Å². The van der Waals surface area contributed by atoms with Gasteiger partial charge in [-0.15, -0.1) is 12.4 Å². The van der Waals surface area contributed by atoms with Crippen LogP contribution < -0.4 is 0 Å². The van der Waals surface area contributed by atoms with Crippen LogP contribution in [0.3, 0.4) is 0 Å². The van der Waals surface area contributed by atoms with Crippen molar-refractivity contribution in [3.8, 4) is 0 Å². The zero-order valence-corrected chi connectivity index (χ0v) is 8.83. The molecule has 1 aliphatic carbocycles. The minimum atomic E-state index is 0. The van der Waals surface area contributed by atoms with Gasteiger partial charge in [-0.1, -0.05) is 12.5 Å². The molecule has 0 N–H and O–H groups in total. The van der Waals surface area contributed by atoms with Gasteiger partial charge in [-0.05, 0) is 38.2 Å². The van der Waals surface area contributed by atoms with Gasteiger partial charge in [-0.25, -0.2) is 0 Å². The first-order chi connectivity index (χ1) is 5.11. The second-order valence-electron chi connectivity index (χ2n) is 3.75. The quantitative estimate of drug-likeness (QED) is 0.534. The molecule has 0 saturated heterocycles. The summed E-state index contributed by atoms with van der Waals surface area (Å²) in [6.07, 6.45) is 2.95. The Kier molecular flexibility index (Phi) is 4.54. The van der Waals surface area contributed by atoms with Crippen LogP contribution in [0.25, 0.3) is 0 Å². The first-order valence-corrected chi connectivity index (χ1v) is 4.31. The van der Waals surface area contributed by atoms with Crippen LogP contribution in [0.1, 0.15) is 40.0 Å². The Morgan fingerprint density at radius 2 is 2.00 bits per heavy atom. The molecule has 0 radical (unpaired) electrons. The van der Waals surface area contributed by atoms with E-state index in [2.05, 4.69) is 6.92 Å². The van der Waals surface area contributed by atoms with Crippen molar-refractivity contribution < 1.29 is 4.79 Å². The predicted molar refractivity (Wildman–Crippen MR) is 53.6 cm³/mol. The average molecular weight is 189 g/mol. The van der Waals surface area contributed by atoms with Crippen molar-refractivity contribution >= 4 is 18.2 Å². The van der Waals surface area contributed by atoms with Crippen LogP contribution in [0.15, 0.2) is 11.1 Å². The van der Waals surface area contributed by atoms with E-state index in [1.165, 1.54) is 12.0 Å². The summed E-state index contributed by atoms with van der Waals surface area (Å²) in [5, 5.41) is 0. The molecule has 0 aliphatic heterocycles. The minimum Gasteiger partial charge on any atom is -0.295 e. The van der Waals surface area contributed by atoms with Gasteiger partial charge in [0.1, 0.15) is 0 Å². The maximum Gasteiger partial charge on any atom is 0.159 e. The Bertz CT molecular complexity index is 202. The van der Waals surface area contributed by atoms with Crippen LogP contribution in [-0.4, -0.2) is 5.78 Å². The van der Waals surface area contributed by atoms with E-state index >= 15 is 0 Å². The molecular weight excluding hydrogens is 172 g/mol. The molecule has 0 bridgehead atoms. The zero-order valence-electron chi connectivity index (χ0n) is 8.02. The molecule has 1 rings (SSSR count). The number of allylic oxidation sites excluding steroid dienone is 2. The molecule has 0 aromatic rings. The number of carbonyl (C=O) groups excluding carboxylic acids is 1. The van der Waals surface area contributed by atoms with Gasteiger partial charge in [0, 0.05) is 6.42 Å². The highest BCUT2D eigenvalue weighted by atomic mass is 35.5. The van der Waals surface area contributed by atoms with Gasteiger partial charge < -0.3 is 0 Å². The molecule has 0 amide bonds. The number of hydrogen-bond donors (Lipinski definition) is 0. The van der Waals surface area contributed by atoms with E-state index < -0.39 is 0 Å². The van der Waals surface area contributed by atoms with Gasteiger partial charge in [0.15, 0.2) is 5.78 Å². The van der Waals surface area contributed by atoms with Gasteiger partial charge in [0.05, 0.1) is 0 Å². The van der Waals surface area contributed by atoms with Gasteiger partial charge in [0.2, 0.25) is 0 Å². The molecule has 12 heavy (non-hydrogen) atoms. The molecule has 0 aromatic carbocycles.